The minimum Gasteiger partial charge on any atom is -0.355 e. The Morgan fingerprint density at radius 1 is 1.19 bits per heavy atom. The maximum atomic E-state index is 12.5. The number of piperidine rings is 1. The smallest absolute Gasteiger partial charge is 0.251 e. The zero-order valence-corrected chi connectivity index (χ0v) is 16.5. The lowest BCUT2D eigenvalue weighted by molar-refractivity contribution is 0.0931. The molecular formula is C21H24N4OS. The summed E-state index contributed by atoms with van der Waals surface area (Å²) in [6.07, 6.45) is 1.86. The van der Waals surface area contributed by atoms with Crippen molar-refractivity contribution in [1.82, 2.24) is 15.5 Å². The van der Waals surface area contributed by atoms with Gasteiger partial charge in [-0.15, -0.1) is 11.3 Å². The van der Waals surface area contributed by atoms with Gasteiger partial charge < -0.3 is 10.2 Å². The number of thiophene rings is 1. The van der Waals surface area contributed by atoms with Crippen LogP contribution in [0.25, 0.3) is 10.6 Å². The van der Waals surface area contributed by atoms with Gasteiger partial charge in [0.2, 0.25) is 0 Å². The second-order valence-electron chi connectivity index (χ2n) is 7.15. The number of aromatic nitrogens is 2. The molecule has 3 aromatic rings. The highest BCUT2D eigenvalue weighted by atomic mass is 32.1. The molecule has 5 nitrogen and oxygen atoms in total. The number of carbonyl (C=O) groups is 1. The largest absolute Gasteiger partial charge is 0.355 e. The first-order valence-corrected chi connectivity index (χ1v) is 10.2. The van der Waals surface area contributed by atoms with E-state index < -0.39 is 0 Å². The molecule has 0 bridgehead atoms. The van der Waals surface area contributed by atoms with E-state index in [1.165, 1.54) is 10.4 Å². The molecule has 1 fully saturated rings. The van der Waals surface area contributed by atoms with Crippen molar-refractivity contribution < 1.29 is 4.79 Å². The van der Waals surface area contributed by atoms with Crippen molar-refractivity contribution in [3.05, 3.63) is 58.5 Å². The lowest BCUT2D eigenvalue weighted by Gasteiger charge is -2.32. The number of aryl methyl sites for hydroxylation is 2. The van der Waals surface area contributed by atoms with E-state index in [-0.39, 0.29) is 11.9 Å². The minimum atomic E-state index is 0.0244. The van der Waals surface area contributed by atoms with E-state index in [9.17, 15) is 4.79 Å². The molecule has 1 aliphatic heterocycles. The summed E-state index contributed by atoms with van der Waals surface area (Å²) in [5, 5.41) is 12.9. The van der Waals surface area contributed by atoms with E-state index in [0.29, 0.717) is 0 Å². The fourth-order valence-corrected chi connectivity index (χ4v) is 4.13. The molecule has 1 saturated heterocycles. The lowest BCUT2D eigenvalue weighted by Crippen LogP contribution is -2.44. The Hall–Kier alpha value is -2.60. The molecule has 2 aromatic heterocycles. The van der Waals surface area contributed by atoms with Crippen LogP contribution in [0.4, 0.5) is 5.82 Å². The molecule has 0 unspecified atom stereocenters. The summed E-state index contributed by atoms with van der Waals surface area (Å²) >= 11 is 1.71. The topological polar surface area (TPSA) is 61.0 Å². The van der Waals surface area contributed by atoms with Crippen molar-refractivity contribution in [2.45, 2.75) is 32.7 Å². The third kappa shape index (κ3) is 3.90. The molecule has 6 heteroatoms. The molecule has 27 heavy (non-hydrogen) atoms. The van der Waals surface area contributed by atoms with Crippen LogP contribution in [-0.4, -0.2) is 35.2 Å². The summed E-state index contributed by atoms with van der Waals surface area (Å²) < 4.78 is 0. The van der Waals surface area contributed by atoms with Gasteiger partial charge in [-0.2, -0.15) is 5.10 Å². The van der Waals surface area contributed by atoms with Gasteiger partial charge in [0.15, 0.2) is 5.82 Å². The molecule has 0 spiro atoms. The Balaban J connectivity index is 1.33. The number of hydrogen-bond acceptors (Lipinski definition) is 4. The molecule has 1 aromatic carbocycles. The van der Waals surface area contributed by atoms with Crippen molar-refractivity contribution in [1.29, 1.82) is 0 Å². The molecule has 0 aliphatic carbocycles. The van der Waals surface area contributed by atoms with Gasteiger partial charge in [0, 0.05) is 30.8 Å². The van der Waals surface area contributed by atoms with Gasteiger partial charge in [0.1, 0.15) is 0 Å². The predicted octanol–water partition coefficient (Wildman–Crippen LogP) is 4.15. The molecule has 140 valence electrons. The van der Waals surface area contributed by atoms with Crippen molar-refractivity contribution >= 4 is 23.1 Å². The maximum Gasteiger partial charge on any atom is 0.251 e. The molecule has 1 amide bonds. The average molecular weight is 381 g/mol. The number of H-pyrrole nitrogens is 1. The van der Waals surface area contributed by atoms with Gasteiger partial charge in [-0.05, 0) is 61.4 Å². The van der Waals surface area contributed by atoms with Crippen molar-refractivity contribution in [2.24, 2.45) is 0 Å². The van der Waals surface area contributed by atoms with Gasteiger partial charge in [-0.3, -0.25) is 9.89 Å². The van der Waals surface area contributed by atoms with E-state index in [2.05, 4.69) is 44.9 Å². The summed E-state index contributed by atoms with van der Waals surface area (Å²) in [5.41, 5.74) is 4.16. The number of amides is 1. The Kier molecular flexibility index (Phi) is 4.99. The van der Waals surface area contributed by atoms with Crippen LogP contribution in [-0.2, 0) is 0 Å². The number of aromatic amines is 1. The van der Waals surface area contributed by atoms with Crippen LogP contribution in [0.1, 0.15) is 34.3 Å². The highest BCUT2D eigenvalue weighted by molar-refractivity contribution is 7.13. The molecular weight excluding hydrogens is 356 g/mol. The highest BCUT2D eigenvalue weighted by Crippen LogP contribution is 2.27. The molecule has 3 heterocycles. The van der Waals surface area contributed by atoms with E-state index >= 15 is 0 Å². The predicted molar refractivity (Wildman–Crippen MR) is 111 cm³/mol. The van der Waals surface area contributed by atoms with Gasteiger partial charge in [-0.1, -0.05) is 12.1 Å². The van der Waals surface area contributed by atoms with Crippen LogP contribution in [0.15, 0.2) is 41.8 Å². The first-order valence-electron chi connectivity index (χ1n) is 9.32. The molecule has 2 N–H and O–H groups in total. The normalized spacial score (nSPS) is 15.1. The van der Waals surface area contributed by atoms with Crippen molar-refractivity contribution in [3.8, 4) is 10.6 Å². The first-order chi connectivity index (χ1) is 13.1. The zero-order valence-electron chi connectivity index (χ0n) is 15.7. The first kappa shape index (κ1) is 17.8. The Morgan fingerprint density at radius 2 is 2.00 bits per heavy atom. The number of nitrogens with zero attached hydrogens (tertiary/aromatic N) is 2. The molecule has 0 radical (unpaired) electrons. The van der Waals surface area contributed by atoms with Gasteiger partial charge >= 0.3 is 0 Å². The van der Waals surface area contributed by atoms with Crippen LogP contribution < -0.4 is 10.2 Å². The van der Waals surface area contributed by atoms with Gasteiger partial charge in [0.25, 0.3) is 5.91 Å². The van der Waals surface area contributed by atoms with E-state index in [4.69, 9.17) is 0 Å². The lowest BCUT2D eigenvalue weighted by atomic mass is 10.0. The SMILES string of the molecule is Cc1ccc(C(=O)NC2CCN(c3cc(-c4cccs4)[nH]n3)CC2)cc1C. The van der Waals surface area contributed by atoms with Gasteiger partial charge in [0.05, 0.1) is 10.6 Å². The Labute approximate surface area is 163 Å². The summed E-state index contributed by atoms with van der Waals surface area (Å²) in [6.45, 7) is 5.89. The zero-order chi connectivity index (χ0) is 18.8. The fourth-order valence-electron chi connectivity index (χ4n) is 3.44. The van der Waals surface area contributed by atoms with Crippen LogP contribution in [0.2, 0.25) is 0 Å². The summed E-state index contributed by atoms with van der Waals surface area (Å²) in [5.74, 6) is 1.01. The number of nitrogens with one attached hydrogen (secondary N) is 2. The number of rotatable bonds is 4. The Morgan fingerprint density at radius 3 is 2.70 bits per heavy atom. The van der Waals surface area contributed by atoms with Crippen molar-refractivity contribution in [3.63, 3.8) is 0 Å². The second kappa shape index (κ2) is 7.56. The number of benzene rings is 1. The summed E-state index contributed by atoms with van der Waals surface area (Å²) in [4.78, 5) is 16.0. The summed E-state index contributed by atoms with van der Waals surface area (Å²) in [6, 6.07) is 12.3. The third-order valence-corrected chi connectivity index (χ3v) is 6.18. The van der Waals surface area contributed by atoms with E-state index in [1.54, 1.807) is 11.3 Å². The van der Waals surface area contributed by atoms with Crippen LogP contribution in [0, 0.1) is 13.8 Å². The van der Waals surface area contributed by atoms with E-state index in [1.807, 2.05) is 31.2 Å². The highest BCUT2D eigenvalue weighted by Gasteiger charge is 2.23. The standard InChI is InChI=1S/C21H24N4OS/c1-14-5-6-16(12-15(14)2)21(26)22-17-7-9-25(10-8-17)20-13-18(23-24-20)19-4-3-11-27-19/h3-6,11-13,17H,7-10H2,1-2H3,(H,22,26)(H,23,24). The third-order valence-electron chi connectivity index (χ3n) is 5.27. The second-order valence-corrected chi connectivity index (χ2v) is 8.10. The number of anilines is 1. The molecule has 0 saturated carbocycles. The fraction of sp³-hybridized carbons (Fsp3) is 0.333. The maximum absolute atomic E-state index is 12.5. The number of hydrogen-bond donors (Lipinski definition) is 2. The monoisotopic (exact) mass is 380 g/mol. The number of carbonyl (C=O) groups excluding carboxylic acids is 1. The molecule has 0 atom stereocenters. The van der Waals surface area contributed by atoms with E-state index in [0.717, 1.165) is 48.6 Å². The Bertz CT molecular complexity index is 924. The van der Waals surface area contributed by atoms with Crippen LogP contribution in [0.5, 0.6) is 0 Å². The van der Waals surface area contributed by atoms with Crippen LogP contribution in [0.3, 0.4) is 0 Å². The molecule has 4 rings (SSSR count). The molecule has 1 aliphatic rings. The van der Waals surface area contributed by atoms with Gasteiger partial charge in [-0.25, -0.2) is 0 Å². The summed E-state index contributed by atoms with van der Waals surface area (Å²) in [7, 11) is 0. The van der Waals surface area contributed by atoms with Crippen LogP contribution >= 0.6 is 11.3 Å². The average Bonchev–Trinajstić information content (AvgIpc) is 3.36. The van der Waals surface area contributed by atoms with Crippen molar-refractivity contribution in [2.75, 3.05) is 18.0 Å². The minimum absolute atomic E-state index is 0.0244. The quantitative estimate of drug-likeness (QED) is 0.715.